The van der Waals surface area contributed by atoms with Gasteiger partial charge in [-0.15, -0.1) is 0 Å². The Bertz CT molecular complexity index is 2350. The van der Waals surface area contributed by atoms with Crippen molar-refractivity contribution >= 4 is 41.7 Å². The van der Waals surface area contributed by atoms with Gasteiger partial charge in [-0.05, 0) is 64.3 Å². The molecule has 5 N–H and O–H groups in total. The van der Waals surface area contributed by atoms with Crippen LogP contribution in [0.25, 0.3) is 0 Å². The van der Waals surface area contributed by atoms with Crippen LogP contribution in [0.2, 0.25) is 0 Å². The zero-order valence-electron chi connectivity index (χ0n) is 36.7. The zero-order chi connectivity index (χ0) is 47.2. The molecule has 65 heavy (non-hydrogen) atoms. The number of carbonyl (C=O) groups excluding carboxylic acids is 6. The third-order valence-corrected chi connectivity index (χ3v) is 14.6. The largest absolute Gasteiger partial charge is 0.481 e. The molecule has 2 aromatic carbocycles. The van der Waals surface area contributed by atoms with Crippen LogP contribution in [-0.4, -0.2) is 122 Å². The number of benzene rings is 2. The van der Waals surface area contributed by atoms with Gasteiger partial charge in [-0.2, -0.15) is 0 Å². The Kier molecular flexibility index (Phi) is 11.3. The van der Waals surface area contributed by atoms with E-state index in [0.717, 1.165) is 6.92 Å². The highest BCUT2D eigenvalue weighted by atomic mass is 16.6. The number of amides is 1. The number of aliphatic carboxylic acids is 1. The van der Waals surface area contributed by atoms with Crippen LogP contribution in [0, 0.1) is 28.6 Å². The Balaban J connectivity index is 1.25. The van der Waals surface area contributed by atoms with Crippen molar-refractivity contribution in [3.63, 3.8) is 0 Å². The van der Waals surface area contributed by atoms with E-state index in [-0.39, 0.29) is 36.1 Å². The first-order chi connectivity index (χ1) is 30.5. The van der Waals surface area contributed by atoms with Crippen molar-refractivity contribution in [3.05, 3.63) is 82.9 Å². The van der Waals surface area contributed by atoms with Crippen molar-refractivity contribution < 1.29 is 82.4 Å². The van der Waals surface area contributed by atoms with E-state index in [9.17, 15) is 54.0 Å². The molecule has 0 radical (unpaired) electrons. The fourth-order valence-electron chi connectivity index (χ4n) is 12.0. The Morgan fingerprint density at radius 2 is 1.60 bits per heavy atom. The van der Waals surface area contributed by atoms with Gasteiger partial charge in [-0.1, -0.05) is 54.1 Å². The number of esters is 4. The number of aliphatic hydroxyl groups excluding tert-OH is 2. The summed E-state index contributed by atoms with van der Waals surface area (Å²) in [6.45, 7) is 8.65. The van der Waals surface area contributed by atoms with Gasteiger partial charge in [0.2, 0.25) is 6.10 Å². The van der Waals surface area contributed by atoms with Crippen molar-refractivity contribution in [1.29, 1.82) is 0 Å². The van der Waals surface area contributed by atoms with Crippen molar-refractivity contribution in [2.24, 2.45) is 28.6 Å². The molecule has 1 aliphatic heterocycles. The molecule has 348 valence electrons. The maximum atomic E-state index is 15.0. The molecule has 6 unspecified atom stereocenters. The number of aliphatic hydroxyl groups is 3. The van der Waals surface area contributed by atoms with Crippen LogP contribution in [0.4, 0.5) is 4.79 Å². The highest BCUT2D eigenvalue weighted by Crippen LogP contribution is 2.82. The summed E-state index contributed by atoms with van der Waals surface area (Å²) in [4.78, 5) is 95.2. The lowest BCUT2D eigenvalue weighted by Crippen LogP contribution is -2.84. The van der Waals surface area contributed by atoms with Gasteiger partial charge in [0.25, 0.3) is 0 Å². The van der Waals surface area contributed by atoms with Gasteiger partial charge in [-0.25, -0.2) is 14.4 Å². The SMILES string of the molecule is CC(=O)OC12COC1C[C@@H](O)[C@]1(C)C(=O)[C@@H](O)C3=C(C)C4C(OC(=O)[C@@H](OC(=O)CCC(=O)O)[C@H](NC(=O)OC(C)(C)C)c5ccccc5)C5CC34[C@@]5(O)[C@H](OC(=O)c3ccccc3)[C@@H]21. The van der Waals surface area contributed by atoms with Crippen molar-refractivity contribution in [2.75, 3.05) is 6.61 Å². The van der Waals surface area contributed by atoms with Gasteiger partial charge in [0.05, 0.1) is 42.4 Å². The Morgan fingerprint density at radius 3 is 2.18 bits per heavy atom. The second-order valence-electron chi connectivity index (χ2n) is 19.2. The van der Waals surface area contributed by atoms with Crippen LogP contribution >= 0.6 is 0 Å². The number of hydrogen-bond acceptors (Lipinski definition) is 16. The standard InChI is InChI=1S/C47H53NO17/c1-22-31-34(54)38(55)44(6)27(50)19-28-46(21-60-28,64-23(2)49)37(44)39(63-40(56)25-15-11-8-12-16-25)47(59)26-20-45(31,47)32(22)35(26)62-41(57)36(61-30(53)18-17-29(51)52)33(24-13-9-7-10-14-24)48-42(58)65-43(3,4)5/h7-16,26-28,32-37,39,50,54,59H,17-21H2,1-6H3,(H,48,58)(H,51,52)/t26?,27-,28?,32?,33-,34+,35?,36+,37-,39-,44+,45?,46?,47+/m1/s1. The quantitative estimate of drug-likeness (QED) is 0.116. The predicted octanol–water partition coefficient (Wildman–Crippen LogP) is 2.90. The number of carboxylic acid groups (broad SMARTS) is 1. The minimum atomic E-state index is -2.29. The summed E-state index contributed by atoms with van der Waals surface area (Å²) in [5, 5.41) is 49.8. The number of rotatable bonds is 12. The molecule has 8 rings (SSSR count). The molecule has 1 spiro atoms. The number of carbonyl (C=O) groups is 7. The second kappa shape index (κ2) is 16.0. The summed E-state index contributed by atoms with van der Waals surface area (Å²) >= 11 is 0. The molecule has 6 aliphatic rings. The highest BCUT2D eigenvalue weighted by Gasteiger charge is 2.91. The molecule has 14 atom stereocenters. The molecular weight excluding hydrogens is 851 g/mol. The van der Waals surface area contributed by atoms with Gasteiger partial charge >= 0.3 is 35.9 Å². The Hall–Kier alpha value is -5.69. The molecule has 1 amide bonds. The van der Waals surface area contributed by atoms with Crippen molar-refractivity contribution in [1.82, 2.24) is 5.32 Å². The summed E-state index contributed by atoms with van der Waals surface area (Å²) in [6.07, 6.45) is -12.1. The fraction of sp³-hybridized carbons (Fsp3) is 0.553. The molecule has 1 saturated heterocycles. The summed E-state index contributed by atoms with van der Waals surface area (Å²) in [5.74, 6) is -9.87. The normalized spacial score (nSPS) is 35.9. The van der Waals surface area contributed by atoms with Crippen LogP contribution in [-0.2, 0) is 52.4 Å². The second-order valence-corrected chi connectivity index (χ2v) is 19.2. The van der Waals surface area contributed by atoms with Crippen molar-refractivity contribution in [2.45, 2.75) is 127 Å². The first-order valence-corrected chi connectivity index (χ1v) is 21.6. The van der Waals surface area contributed by atoms with Crippen LogP contribution in [0.15, 0.2) is 71.8 Å². The zero-order valence-corrected chi connectivity index (χ0v) is 36.7. The number of alkyl carbamates (subject to hydrolysis) is 1. The summed E-state index contributed by atoms with van der Waals surface area (Å²) in [5.41, 5.74) is -7.88. The van der Waals surface area contributed by atoms with Gasteiger partial charge in [-0.3, -0.25) is 19.2 Å². The lowest BCUT2D eigenvalue weighted by Gasteiger charge is -2.71. The minimum Gasteiger partial charge on any atom is -0.481 e. The number of ketones is 1. The fourth-order valence-corrected chi connectivity index (χ4v) is 12.0. The van der Waals surface area contributed by atoms with Gasteiger partial charge in [0, 0.05) is 30.6 Å². The summed E-state index contributed by atoms with van der Waals surface area (Å²) < 4.78 is 35.8. The van der Waals surface area contributed by atoms with E-state index in [1.165, 1.54) is 19.1 Å². The van der Waals surface area contributed by atoms with E-state index in [4.69, 9.17) is 28.4 Å². The third-order valence-electron chi connectivity index (χ3n) is 14.6. The first-order valence-electron chi connectivity index (χ1n) is 21.6. The molecule has 0 aromatic heterocycles. The van der Waals surface area contributed by atoms with E-state index in [1.54, 1.807) is 76.2 Å². The average Bonchev–Trinajstić information content (AvgIpc) is 3.63. The number of nitrogens with one attached hydrogen (secondary N) is 1. The van der Waals surface area contributed by atoms with Crippen LogP contribution in [0.1, 0.15) is 89.2 Å². The molecule has 2 bridgehead atoms. The highest BCUT2D eigenvalue weighted by molar-refractivity contribution is 5.95. The van der Waals surface area contributed by atoms with Gasteiger partial charge < -0.3 is 54.2 Å². The summed E-state index contributed by atoms with van der Waals surface area (Å²) in [7, 11) is 0. The maximum Gasteiger partial charge on any atom is 0.408 e. The third kappa shape index (κ3) is 6.93. The first kappa shape index (κ1) is 45.9. The van der Waals surface area contributed by atoms with E-state index < -0.39 is 143 Å². The molecule has 2 aromatic rings. The Morgan fingerprint density at radius 1 is 0.954 bits per heavy atom. The molecule has 4 saturated carbocycles. The molecule has 5 fully saturated rings. The number of Topliss-reactive ketones (excluding diaryl/α,β-unsaturated/α-hetero) is 1. The van der Waals surface area contributed by atoms with E-state index in [1.807, 2.05) is 0 Å². The lowest BCUT2D eigenvalue weighted by molar-refractivity contribution is -0.356. The summed E-state index contributed by atoms with van der Waals surface area (Å²) in [6, 6.07) is 14.3. The Labute approximate surface area is 373 Å². The van der Waals surface area contributed by atoms with Crippen LogP contribution in [0.5, 0.6) is 0 Å². The topological polar surface area (TPSA) is 268 Å². The average molecular weight is 904 g/mol. The van der Waals surface area contributed by atoms with Crippen molar-refractivity contribution in [3.8, 4) is 0 Å². The number of ether oxygens (including phenoxy) is 6. The molecule has 5 aliphatic carbocycles. The van der Waals surface area contributed by atoms with Gasteiger partial charge in [0.1, 0.15) is 41.7 Å². The van der Waals surface area contributed by atoms with E-state index in [2.05, 4.69) is 5.32 Å². The van der Waals surface area contributed by atoms with E-state index >= 15 is 0 Å². The number of carboxylic acids is 1. The molecule has 18 heteroatoms. The predicted molar refractivity (Wildman–Crippen MR) is 220 cm³/mol. The number of hydrogen-bond donors (Lipinski definition) is 5. The number of fused-ring (bicyclic) bond motifs is 3. The van der Waals surface area contributed by atoms with Crippen LogP contribution < -0.4 is 5.32 Å². The molecular formula is C47H53NO17. The van der Waals surface area contributed by atoms with Gasteiger partial charge in [0.15, 0.2) is 11.4 Å². The smallest absolute Gasteiger partial charge is 0.408 e. The van der Waals surface area contributed by atoms with Crippen LogP contribution in [0.3, 0.4) is 0 Å². The van der Waals surface area contributed by atoms with E-state index in [0.29, 0.717) is 5.57 Å². The molecule has 18 nitrogen and oxygen atoms in total. The molecule has 1 heterocycles. The maximum absolute atomic E-state index is 15.0. The monoisotopic (exact) mass is 903 g/mol. The minimum absolute atomic E-state index is 0.00364. The lowest BCUT2D eigenvalue weighted by atomic mass is 9.37.